The van der Waals surface area contributed by atoms with Crippen LogP contribution in [0, 0.1) is 0 Å². The number of Topliss-reactive ketones (excluding diaryl/α,β-unsaturated/α-hetero) is 1. The number of hydrogen-bond donors (Lipinski definition) is 0. The highest BCUT2D eigenvalue weighted by molar-refractivity contribution is 5.96. The first-order chi connectivity index (χ1) is 11.8. The Hall–Kier alpha value is -2.33. The van der Waals surface area contributed by atoms with Crippen LogP contribution in [0.4, 0.5) is 0 Å². The van der Waals surface area contributed by atoms with E-state index < -0.39 is 0 Å². The molecule has 0 amide bonds. The Morgan fingerprint density at radius 1 is 0.958 bits per heavy atom. The van der Waals surface area contributed by atoms with Crippen LogP contribution in [0.15, 0.2) is 42.5 Å². The van der Waals surface area contributed by atoms with Gasteiger partial charge in [-0.05, 0) is 42.3 Å². The van der Waals surface area contributed by atoms with Gasteiger partial charge in [0.1, 0.15) is 13.2 Å². The van der Waals surface area contributed by atoms with E-state index in [9.17, 15) is 4.79 Å². The maximum atomic E-state index is 12.4. The summed E-state index contributed by atoms with van der Waals surface area (Å²) in [4.78, 5) is 14.8. The molecule has 0 bridgehead atoms. The van der Waals surface area contributed by atoms with Crippen LogP contribution in [0.25, 0.3) is 0 Å². The molecule has 0 atom stereocenters. The fourth-order valence-corrected chi connectivity index (χ4v) is 3.39. The van der Waals surface area contributed by atoms with Crippen molar-refractivity contribution < 1.29 is 14.3 Å². The van der Waals surface area contributed by atoms with Gasteiger partial charge in [-0.3, -0.25) is 9.69 Å². The molecule has 124 valence electrons. The van der Waals surface area contributed by atoms with Gasteiger partial charge in [-0.2, -0.15) is 0 Å². The number of carbonyl (C=O) groups excluding carboxylic acids is 1. The van der Waals surface area contributed by atoms with Crippen LogP contribution in [-0.4, -0.2) is 30.4 Å². The Balaban J connectivity index is 1.30. The second-order valence-corrected chi connectivity index (χ2v) is 6.36. The Morgan fingerprint density at radius 3 is 2.42 bits per heavy atom. The van der Waals surface area contributed by atoms with Crippen molar-refractivity contribution in [2.45, 2.75) is 25.9 Å². The van der Waals surface area contributed by atoms with Gasteiger partial charge < -0.3 is 9.47 Å². The zero-order valence-electron chi connectivity index (χ0n) is 13.7. The molecule has 2 heterocycles. The summed E-state index contributed by atoms with van der Waals surface area (Å²) in [5.74, 6) is 1.58. The van der Waals surface area contributed by atoms with Crippen molar-refractivity contribution in [1.29, 1.82) is 0 Å². The molecule has 0 fully saturated rings. The fourth-order valence-electron chi connectivity index (χ4n) is 3.39. The normalized spacial score (nSPS) is 16.0. The van der Waals surface area contributed by atoms with Crippen LogP contribution < -0.4 is 9.47 Å². The molecule has 4 rings (SSSR count). The number of hydrogen-bond acceptors (Lipinski definition) is 4. The minimum atomic E-state index is 0.170. The summed E-state index contributed by atoms with van der Waals surface area (Å²) in [6.07, 6.45) is 1.44. The average Bonchev–Trinajstić information content (AvgIpc) is 3.04. The minimum Gasteiger partial charge on any atom is -0.486 e. The third kappa shape index (κ3) is 3.15. The minimum absolute atomic E-state index is 0.170. The van der Waals surface area contributed by atoms with Crippen molar-refractivity contribution in [3.63, 3.8) is 0 Å². The van der Waals surface area contributed by atoms with Gasteiger partial charge in [-0.25, -0.2) is 0 Å². The van der Waals surface area contributed by atoms with Crippen molar-refractivity contribution in [2.75, 3.05) is 19.8 Å². The maximum absolute atomic E-state index is 12.4. The van der Waals surface area contributed by atoms with E-state index in [1.165, 1.54) is 11.1 Å². The zero-order valence-corrected chi connectivity index (χ0v) is 13.7. The van der Waals surface area contributed by atoms with E-state index in [2.05, 4.69) is 29.2 Å². The maximum Gasteiger partial charge on any atom is 0.163 e. The van der Waals surface area contributed by atoms with Gasteiger partial charge in [0, 0.05) is 25.1 Å². The number of ketones is 1. The van der Waals surface area contributed by atoms with E-state index >= 15 is 0 Å². The van der Waals surface area contributed by atoms with Crippen LogP contribution in [-0.2, 0) is 13.1 Å². The molecular formula is C20H21NO3. The summed E-state index contributed by atoms with van der Waals surface area (Å²) >= 11 is 0. The Morgan fingerprint density at radius 2 is 1.67 bits per heavy atom. The first-order valence-corrected chi connectivity index (χ1v) is 8.51. The predicted molar refractivity (Wildman–Crippen MR) is 91.6 cm³/mol. The molecule has 2 aromatic carbocycles. The molecule has 0 aromatic heterocycles. The summed E-state index contributed by atoms with van der Waals surface area (Å²) in [5, 5.41) is 0. The van der Waals surface area contributed by atoms with E-state index in [4.69, 9.17) is 9.47 Å². The van der Waals surface area contributed by atoms with Crippen LogP contribution in [0.3, 0.4) is 0 Å². The van der Waals surface area contributed by atoms with Crippen molar-refractivity contribution >= 4 is 5.78 Å². The summed E-state index contributed by atoms with van der Waals surface area (Å²) in [7, 11) is 0. The van der Waals surface area contributed by atoms with Crippen LogP contribution in [0.2, 0.25) is 0 Å². The largest absolute Gasteiger partial charge is 0.486 e. The van der Waals surface area contributed by atoms with Gasteiger partial charge in [-0.1, -0.05) is 24.3 Å². The highest BCUT2D eigenvalue weighted by Gasteiger charge is 2.19. The number of carbonyl (C=O) groups is 1. The van der Waals surface area contributed by atoms with Gasteiger partial charge in [0.15, 0.2) is 17.3 Å². The Labute approximate surface area is 142 Å². The lowest BCUT2D eigenvalue weighted by Crippen LogP contribution is -2.18. The third-order valence-electron chi connectivity index (χ3n) is 4.65. The van der Waals surface area contributed by atoms with E-state index in [0.717, 1.165) is 31.8 Å². The zero-order chi connectivity index (χ0) is 16.4. The second kappa shape index (κ2) is 6.65. The van der Waals surface area contributed by atoms with Crippen molar-refractivity contribution in [3.8, 4) is 11.5 Å². The van der Waals surface area contributed by atoms with Gasteiger partial charge in [0.2, 0.25) is 0 Å². The Kier molecular flexibility index (Phi) is 4.22. The number of fused-ring (bicyclic) bond motifs is 2. The van der Waals surface area contributed by atoms with E-state index in [1.807, 2.05) is 18.2 Å². The predicted octanol–water partition coefficient (Wildman–Crippen LogP) is 3.44. The SMILES string of the molecule is O=C(CCCN1Cc2ccccc2C1)c1ccc2c(c1)OCCO2. The monoisotopic (exact) mass is 323 g/mol. The molecule has 0 aliphatic carbocycles. The van der Waals surface area contributed by atoms with Crippen LogP contribution in [0.1, 0.15) is 34.3 Å². The number of nitrogens with zero attached hydrogens (tertiary/aromatic N) is 1. The molecule has 4 nitrogen and oxygen atoms in total. The van der Waals surface area contributed by atoms with Crippen molar-refractivity contribution in [2.24, 2.45) is 0 Å². The third-order valence-corrected chi connectivity index (χ3v) is 4.65. The van der Waals surface area contributed by atoms with Crippen molar-refractivity contribution in [3.05, 3.63) is 59.2 Å². The summed E-state index contributed by atoms with van der Waals surface area (Å²) < 4.78 is 11.0. The molecule has 0 spiro atoms. The van der Waals surface area contributed by atoms with Gasteiger partial charge in [0.25, 0.3) is 0 Å². The summed E-state index contributed by atoms with van der Waals surface area (Å²) in [6.45, 7) is 4.05. The number of benzene rings is 2. The van der Waals surface area contributed by atoms with E-state index in [1.54, 1.807) is 0 Å². The molecule has 4 heteroatoms. The topological polar surface area (TPSA) is 38.8 Å². The average molecular weight is 323 g/mol. The highest BCUT2D eigenvalue weighted by atomic mass is 16.6. The van der Waals surface area contributed by atoms with Crippen LogP contribution >= 0.6 is 0 Å². The lowest BCUT2D eigenvalue weighted by Gasteiger charge is -2.18. The van der Waals surface area contributed by atoms with Gasteiger partial charge in [0.05, 0.1) is 0 Å². The van der Waals surface area contributed by atoms with E-state index in [-0.39, 0.29) is 5.78 Å². The molecule has 0 unspecified atom stereocenters. The first-order valence-electron chi connectivity index (χ1n) is 8.51. The van der Waals surface area contributed by atoms with Crippen LogP contribution in [0.5, 0.6) is 11.5 Å². The molecule has 0 radical (unpaired) electrons. The summed E-state index contributed by atoms with van der Waals surface area (Å²) in [5.41, 5.74) is 3.54. The standard InChI is InChI=1S/C20H21NO3/c22-18(15-7-8-19-20(12-15)24-11-10-23-19)6-3-9-21-13-16-4-1-2-5-17(16)14-21/h1-2,4-5,7-8,12H,3,6,9-11,13-14H2. The molecule has 2 aromatic rings. The summed E-state index contributed by atoms with van der Waals surface area (Å²) in [6, 6.07) is 14.0. The fraction of sp³-hybridized carbons (Fsp3) is 0.350. The van der Waals surface area contributed by atoms with Crippen molar-refractivity contribution in [1.82, 2.24) is 4.90 Å². The molecule has 0 N–H and O–H groups in total. The number of ether oxygens (including phenoxy) is 2. The first kappa shape index (κ1) is 15.2. The molecule has 0 saturated carbocycles. The molecular weight excluding hydrogens is 302 g/mol. The lowest BCUT2D eigenvalue weighted by atomic mass is 10.1. The molecule has 2 aliphatic heterocycles. The van der Waals surface area contributed by atoms with Gasteiger partial charge in [-0.15, -0.1) is 0 Å². The van der Waals surface area contributed by atoms with Gasteiger partial charge >= 0.3 is 0 Å². The highest BCUT2D eigenvalue weighted by Crippen LogP contribution is 2.31. The lowest BCUT2D eigenvalue weighted by molar-refractivity contribution is 0.0973. The quantitative estimate of drug-likeness (QED) is 0.790. The second-order valence-electron chi connectivity index (χ2n) is 6.36. The molecule has 24 heavy (non-hydrogen) atoms. The van der Waals surface area contributed by atoms with E-state index in [0.29, 0.717) is 30.9 Å². The number of rotatable bonds is 5. The molecule has 2 aliphatic rings. The smallest absolute Gasteiger partial charge is 0.163 e. The molecule has 0 saturated heterocycles. The Bertz CT molecular complexity index is 731.